The average Bonchev–Trinajstić information content (AvgIpc) is 2.84. The first kappa shape index (κ1) is 24.0. The van der Waals surface area contributed by atoms with Gasteiger partial charge in [-0.15, -0.1) is 0 Å². The van der Waals surface area contributed by atoms with Crippen LogP contribution in [0.2, 0.25) is 0 Å². The predicted octanol–water partition coefficient (Wildman–Crippen LogP) is 6.53. The smallest absolute Gasteiger partial charge is 0.207 e. The van der Waals surface area contributed by atoms with Gasteiger partial charge in [0, 0.05) is 5.75 Å². The van der Waals surface area contributed by atoms with Gasteiger partial charge in [-0.1, -0.05) is 82.6 Å². The van der Waals surface area contributed by atoms with Gasteiger partial charge < -0.3 is 0 Å². The molecule has 0 saturated carbocycles. The molecule has 0 atom stereocenters. The predicted molar refractivity (Wildman–Crippen MR) is 141 cm³/mol. The summed E-state index contributed by atoms with van der Waals surface area (Å²) in [5.41, 5.74) is 6.91. The van der Waals surface area contributed by atoms with E-state index in [1.807, 2.05) is 13.2 Å². The Labute approximate surface area is 203 Å². The number of rotatable bonds is 7. The van der Waals surface area contributed by atoms with Crippen LogP contribution in [0.1, 0.15) is 16.7 Å². The van der Waals surface area contributed by atoms with Crippen LogP contribution in [0.3, 0.4) is 0 Å². The van der Waals surface area contributed by atoms with E-state index in [9.17, 15) is 13.2 Å². The maximum absolute atomic E-state index is 13.9. The molecule has 0 heterocycles. The lowest BCUT2D eigenvalue weighted by atomic mass is 9.34. The van der Waals surface area contributed by atoms with Crippen molar-refractivity contribution in [2.75, 3.05) is 12.0 Å². The second-order valence-corrected chi connectivity index (χ2v) is 9.10. The highest BCUT2D eigenvalue weighted by Gasteiger charge is 2.28. The van der Waals surface area contributed by atoms with E-state index in [2.05, 4.69) is 24.3 Å². The van der Waals surface area contributed by atoms with E-state index in [-0.39, 0.29) is 24.2 Å². The summed E-state index contributed by atoms with van der Waals surface area (Å²) >= 11 is 1.70. The Bertz CT molecular complexity index is 1220. The number of aryl methyl sites for hydroxylation is 1. The Balaban J connectivity index is 2.06. The van der Waals surface area contributed by atoms with E-state index in [4.69, 9.17) is 0 Å². The number of hydrogen-bond donors (Lipinski definition) is 0. The number of hydrogen-bond acceptors (Lipinski definition) is 1. The summed E-state index contributed by atoms with van der Waals surface area (Å²) in [5, 5.41) is 0. The second-order valence-electron chi connectivity index (χ2n) is 8.23. The van der Waals surface area contributed by atoms with Gasteiger partial charge >= 0.3 is 0 Å². The van der Waals surface area contributed by atoms with Crippen LogP contribution in [-0.4, -0.2) is 18.7 Å². The highest BCUT2D eigenvalue weighted by molar-refractivity contribution is 7.99. The Morgan fingerprint density at radius 3 is 1.47 bits per heavy atom. The highest BCUT2D eigenvalue weighted by atomic mass is 32.2. The maximum atomic E-state index is 13.9. The van der Waals surface area contributed by atoms with E-state index in [0.717, 1.165) is 38.7 Å². The van der Waals surface area contributed by atoms with Crippen molar-refractivity contribution in [3.63, 3.8) is 0 Å². The second kappa shape index (κ2) is 10.8. The van der Waals surface area contributed by atoms with Crippen molar-refractivity contribution in [3.05, 3.63) is 131 Å². The van der Waals surface area contributed by atoms with Crippen LogP contribution in [0, 0.1) is 24.4 Å². The van der Waals surface area contributed by atoms with Gasteiger partial charge in [-0.25, -0.2) is 13.2 Å². The van der Waals surface area contributed by atoms with E-state index < -0.39 is 0 Å². The Kier molecular flexibility index (Phi) is 7.64. The fourth-order valence-corrected chi connectivity index (χ4v) is 4.81. The number of thioether (sulfide) groups is 1. The molecule has 5 heteroatoms. The molecule has 170 valence electrons. The fraction of sp³-hybridized carbons (Fsp3) is 0.103. The van der Waals surface area contributed by atoms with Crippen LogP contribution < -0.4 is 10.9 Å². The molecule has 0 fully saturated rings. The van der Waals surface area contributed by atoms with Crippen molar-refractivity contribution in [1.82, 2.24) is 0 Å². The Morgan fingerprint density at radius 1 is 0.618 bits per heavy atom. The molecule has 4 aromatic rings. The highest BCUT2D eigenvalue weighted by Crippen LogP contribution is 2.31. The molecule has 0 nitrogen and oxygen atoms in total. The van der Waals surface area contributed by atoms with E-state index >= 15 is 0 Å². The standard InChI is InChI=1S/C29H24BF3S/c1-20-3-5-21(6-4-20)28(19-34-2)29(22-7-13-25(31)14-8-22)30(23-9-15-26(32)16-10-23)24-11-17-27(33)18-12-24/h3-18H,19H2,1-2H3/b29-28+. The molecule has 0 unspecified atom stereocenters. The molecule has 0 radical (unpaired) electrons. The van der Waals surface area contributed by atoms with E-state index in [0.29, 0.717) is 5.75 Å². The van der Waals surface area contributed by atoms with Crippen LogP contribution >= 0.6 is 11.8 Å². The van der Waals surface area contributed by atoms with Crippen LogP contribution in [0.15, 0.2) is 97.1 Å². The molecular weight excluding hydrogens is 448 g/mol. The van der Waals surface area contributed by atoms with Crippen LogP contribution in [0.5, 0.6) is 0 Å². The van der Waals surface area contributed by atoms with Crippen molar-refractivity contribution >= 4 is 40.4 Å². The molecule has 0 aliphatic heterocycles. The molecule has 0 aliphatic carbocycles. The molecule has 0 aliphatic rings. The SMILES string of the molecule is CSC/C(=C(\B(c1ccc(F)cc1)c1ccc(F)cc1)c1ccc(F)cc1)c1ccc(C)cc1. The van der Waals surface area contributed by atoms with Crippen LogP contribution in [0.25, 0.3) is 11.0 Å². The van der Waals surface area contributed by atoms with Gasteiger partial charge in [-0.05, 0) is 66.3 Å². The lowest BCUT2D eigenvalue weighted by molar-refractivity contribution is 0.627. The summed E-state index contributed by atoms with van der Waals surface area (Å²) in [6, 6.07) is 27.6. The summed E-state index contributed by atoms with van der Waals surface area (Å²) in [7, 11) is 0. The molecule has 0 bridgehead atoms. The van der Waals surface area contributed by atoms with Gasteiger partial charge in [-0.2, -0.15) is 11.8 Å². The van der Waals surface area contributed by atoms with Gasteiger partial charge in [0.05, 0.1) is 0 Å². The van der Waals surface area contributed by atoms with Crippen LogP contribution in [-0.2, 0) is 0 Å². The minimum Gasteiger partial charge on any atom is -0.207 e. The van der Waals surface area contributed by atoms with Gasteiger partial charge in [-0.3, -0.25) is 0 Å². The molecule has 0 spiro atoms. The monoisotopic (exact) mass is 472 g/mol. The lowest BCUT2D eigenvalue weighted by Gasteiger charge is -2.24. The minimum atomic E-state index is -0.322. The van der Waals surface area contributed by atoms with Crippen molar-refractivity contribution in [1.29, 1.82) is 0 Å². The van der Waals surface area contributed by atoms with Crippen molar-refractivity contribution in [2.45, 2.75) is 6.92 Å². The topological polar surface area (TPSA) is 0 Å². The van der Waals surface area contributed by atoms with Crippen molar-refractivity contribution in [2.24, 2.45) is 0 Å². The molecule has 4 rings (SSSR count). The average molecular weight is 472 g/mol. The molecule has 0 aromatic heterocycles. The first-order valence-corrected chi connectivity index (χ1v) is 12.4. The number of benzene rings is 4. The maximum Gasteiger partial charge on any atom is 0.242 e. The third-order valence-corrected chi connectivity index (χ3v) is 6.44. The van der Waals surface area contributed by atoms with Gasteiger partial charge in [0.15, 0.2) is 0 Å². The first-order valence-electron chi connectivity index (χ1n) is 11.0. The molecular formula is C29H24BF3S. The first-order chi connectivity index (χ1) is 16.5. The lowest BCUT2D eigenvalue weighted by Crippen LogP contribution is -2.44. The summed E-state index contributed by atoms with van der Waals surface area (Å²) in [4.78, 5) is 0. The summed E-state index contributed by atoms with van der Waals surface area (Å²) in [5.74, 6) is -0.243. The molecule has 0 N–H and O–H groups in total. The zero-order valence-electron chi connectivity index (χ0n) is 19.1. The molecule has 34 heavy (non-hydrogen) atoms. The third-order valence-electron chi connectivity index (χ3n) is 5.86. The largest absolute Gasteiger partial charge is 0.242 e. The Hall–Kier alpha value is -3.18. The Morgan fingerprint density at radius 2 is 1.03 bits per heavy atom. The van der Waals surface area contributed by atoms with Gasteiger partial charge in [0.1, 0.15) is 17.5 Å². The molecule has 4 aromatic carbocycles. The van der Waals surface area contributed by atoms with E-state index in [1.165, 1.54) is 36.4 Å². The van der Waals surface area contributed by atoms with Crippen LogP contribution in [0.4, 0.5) is 13.2 Å². The van der Waals surface area contributed by atoms with Gasteiger partial charge in [0.25, 0.3) is 0 Å². The summed E-state index contributed by atoms with van der Waals surface area (Å²) in [6.07, 6.45) is 2.04. The zero-order chi connectivity index (χ0) is 24.1. The summed E-state index contributed by atoms with van der Waals surface area (Å²) in [6.45, 7) is 1.73. The fourth-order valence-electron chi connectivity index (χ4n) is 4.20. The minimum absolute atomic E-state index is 0.310. The molecule has 0 amide bonds. The third kappa shape index (κ3) is 5.48. The quantitative estimate of drug-likeness (QED) is 0.218. The zero-order valence-corrected chi connectivity index (χ0v) is 19.9. The van der Waals surface area contributed by atoms with Gasteiger partial charge in [0.2, 0.25) is 6.71 Å². The van der Waals surface area contributed by atoms with E-state index in [1.54, 1.807) is 48.2 Å². The van der Waals surface area contributed by atoms with Crippen molar-refractivity contribution < 1.29 is 13.2 Å². The molecule has 0 saturated heterocycles. The normalized spacial score (nSPS) is 11.8. The number of halogens is 3. The van der Waals surface area contributed by atoms with Crippen molar-refractivity contribution in [3.8, 4) is 0 Å². The summed E-state index contributed by atoms with van der Waals surface area (Å²) < 4.78 is 41.6.